The molecule has 1 atom stereocenters. The molecule has 0 N–H and O–H groups in total. The van der Waals surface area contributed by atoms with Gasteiger partial charge in [0.05, 0.1) is 25.9 Å². The van der Waals surface area contributed by atoms with Crippen LogP contribution in [0.5, 0.6) is 5.75 Å². The van der Waals surface area contributed by atoms with Gasteiger partial charge in [0.1, 0.15) is 5.75 Å². The molecule has 6 heteroatoms. The molecule has 3 rings (SSSR count). The van der Waals surface area contributed by atoms with Gasteiger partial charge in [-0.25, -0.2) is 0 Å². The van der Waals surface area contributed by atoms with E-state index in [1.807, 2.05) is 18.3 Å². The van der Waals surface area contributed by atoms with E-state index in [0.29, 0.717) is 31.3 Å². The second kappa shape index (κ2) is 7.05. The van der Waals surface area contributed by atoms with Crippen LogP contribution in [0.25, 0.3) is 0 Å². The zero-order valence-corrected chi connectivity index (χ0v) is 14.4. The Balaban J connectivity index is 1.91. The van der Waals surface area contributed by atoms with Crippen LogP contribution in [0.15, 0.2) is 30.5 Å². The summed E-state index contributed by atoms with van der Waals surface area (Å²) in [6.45, 7) is 4.03. The lowest BCUT2D eigenvalue weighted by atomic mass is 9.91. The first-order chi connectivity index (χ1) is 11.7. The number of nitrogens with zero attached hydrogens (tertiary/aromatic N) is 3. The van der Waals surface area contributed by atoms with Crippen molar-refractivity contribution in [2.24, 2.45) is 0 Å². The summed E-state index contributed by atoms with van der Waals surface area (Å²) < 4.78 is 12.3. The van der Waals surface area contributed by atoms with Gasteiger partial charge in [-0.2, -0.15) is 5.10 Å². The number of amides is 1. The van der Waals surface area contributed by atoms with Gasteiger partial charge in [0, 0.05) is 19.9 Å². The molecule has 0 saturated heterocycles. The van der Waals surface area contributed by atoms with Gasteiger partial charge in [-0.1, -0.05) is 19.1 Å². The SMILES string of the molecule is COCCn1ccc(C(=O)N2CC[C@@H](C)c3cccc(OC)c32)n1. The fourth-order valence-corrected chi connectivity index (χ4v) is 3.11. The van der Waals surface area contributed by atoms with Crippen LogP contribution in [-0.4, -0.2) is 43.1 Å². The standard InChI is InChI=1S/C18H23N3O3/c1-13-7-10-21(17-14(13)5-4-6-16(17)24-3)18(22)15-8-9-20(19-15)11-12-23-2/h4-6,8-9,13H,7,10-12H2,1-3H3/t13-/m1/s1. The number of benzene rings is 1. The Morgan fingerprint density at radius 1 is 1.33 bits per heavy atom. The highest BCUT2D eigenvalue weighted by Gasteiger charge is 2.30. The highest BCUT2D eigenvalue weighted by atomic mass is 16.5. The second-order valence-electron chi connectivity index (χ2n) is 6.00. The monoisotopic (exact) mass is 329 g/mol. The first-order valence-corrected chi connectivity index (χ1v) is 8.17. The highest BCUT2D eigenvalue weighted by molar-refractivity contribution is 6.06. The van der Waals surface area contributed by atoms with Gasteiger partial charge < -0.3 is 14.4 Å². The first kappa shape index (κ1) is 16.5. The van der Waals surface area contributed by atoms with E-state index in [0.717, 1.165) is 23.4 Å². The number of para-hydroxylation sites is 1. The molecule has 1 aromatic heterocycles. The zero-order valence-electron chi connectivity index (χ0n) is 14.4. The quantitative estimate of drug-likeness (QED) is 0.846. The number of methoxy groups -OCH3 is 2. The summed E-state index contributed by atoms with van der Waals surface area (Å²) in [6.07, 6.45) is 2.73. The smallest absolute Gasteiger partial charge is 0.278 e. The lowest BCUT2D eigenvalue weighted by Crippen LogP contribution is -2.37. The molecule has 1 aliphatic rings. The van der Waals surface area contributed by atoms with Gasteiger partial charge in [0.15, 0.2) is 5.69 Å². The van der Waals surface area contributed by atoms with E-state index in [4.69, 9.17) is 9.47 Å². The van der Waals surface area contributed by atoms with Crippen molar-refractivity contribution in [3.05, 3.63) is 41.7 Å². The molecule has 2 aromatic rings. The number of aromatic nitrogens is 2. The van der Waals surface area contributed by atoms with Crippen LogP contribution in [0.1, 0.15) is 35.3 Å². The summed E-state index contributed by atoms with van der Waals surface area (Å²) in [5, 5.41) is 4.37. The van der Waals surface area contributed by atoms with E-state index in [1.165, 1.54) is 0 Å². The number of hydrogen-bond donors (Lipinski definition) is 0. The molecule has 0 aliphatic carbocycles. The molecule has 0 radical (unpaired) electrons. The Hall–Kier alpha value is -2.34. The normalized spacial score (nSPS) is 16.8. The number of rotatable bonds is 5. The first-order valence-electron chi connectivity index (χ1n) is 8.17. The predicted octanol–water partition coefficient (Wildman–Crippen LogP) is 2.69. The van der Waals surface area contributed by atoms with E-state index < -0.39 is 0 Å². The van der Waals surface area contributed by atoms with Crippen molar-refractivity contribution in [3.8, 4) is 5.75 Å². The van der Waals surface area contributed by atoms with Crippen molar-refractivity contribution >= 4 is 11.6 Å². The van der Waals surface area contributed by atoms with Gasteiger partial charge in [-0.05, 0) is 30.0 Å². The highest BCUT2D eigenvalue weighted by Crippen LogP contribution is 2.41. The Morgan fingerprint density at radius 2 is 2.17 bits per heavy atom. The Kier molecular flexibility index (Phi) is 4.85. The van der Waals surface area contributed by atoms with Gasteiger partial charge in [-0.3, -0.25) is 9.48 Å². The molecule has 6 nitrogen and oxygen atoms in total. The van der Waals surface area contributed by atoms with E-state index in [-0.39, 0.29) is 5.91 Å². The molecule has 0 bridgehead atoms. The zero-order chi connectivity index (χ0) is 17.1. The van der Waals surface area contributed by atoms with Gasteiger partial charge >= 0.3 is 0 Å². The van der Waals surface area contributed by atoms with Crippen LogP contribution in [0, 0.1) is 0 Å². The third-order valence-electron chi connectivity index (χ3n) is 4.47. The largest absolute Gasteiger partial charge is 0.495 e. The molecule has 0 unspecified atom stereocenters. The third-order valence-corrected chi connectivity index (χ3v) is 4.47. The minimum Gasteiger partial charge on any atom is -0.495 e. The molecule has 0 spiro atoms. The molecular weight excluding hydrogens is 306 g/mol. The number of carbonyl (C=O) groups is 1. The topological polar surface area (TPSA) is 56.6 Å². The van der Waals surface area contributed by atoms with Crippen molar-refractivity contribution in [3.63, 3.8) is 0 Å². The van der Waals surface area contributed by atoms with Crippen molar-refractivity contribution in [1.82, 2.24) is 9.78 Å². The molecule has 1 amide bonds. The predicted molar refractivity (Wildman–Crippen MR) is 91.8 cm³/mol. The molecule has 128 valence electrons. The number of anilines is 1. The summed E-state index contributed by atoms with van der Waals surface area (Å²) in [7, 11) is 3.28. The van der Waals surface area contributed by atoms with Crippen LogP contribution < -0.4 is 9.64 Å². The molecule has 24 heavy (non-hydrogen) atoms. The van der Waals surface area contributed by atoms with Crippen LogP contribution >= 0.6 is 0 Å². The summed E-state index contributed by atoms with van der Waals surface area (Å²) in [5.74, 6) is 1.04. The molecule has 0 saturated carbocycles. The fraction of sp³-hybridized carbons (Fsp3) is 0.444. The van der Waals surface area contributed by atoms with Crippen molar-refractivity contribution in [2.45, 2.75) is 25.8 Å². The van der Waals surface area contributed by atoms with Crippen molar-refractivity contribution in [2.75, 3.05) is 32.3 Å². The Bertz CT molecular complexity index is 726. The van der Waals surface area contributed by atoms with Crippen LogP contribution in [-0.2, 0) is 11.3 Å². The molecule has 0 fully saturated rings. The molecule has 1 aliphatic heterocycles. The lowest BCUT2D eigenvalue weighted by Gasteiger charge is -2.33. The summed E-state index contributed by atoms with van der Waals surface area (Å²) in [4.78, 5) is 14.8. The minimum absolute atomic E-state index is 0.0937. The van der Waals surface area contributed by atoms with Crippen LogP contribution in [0.3, 0.4) is 0 Å². The number of hydrogen-bond acceptors (Lipinski definition) is 4. The minimum atomic E-state index is -0.0937. The second-order valence-corrected chi connectivity index (χ2v) is 6.00. The summed E-state index contributed by atoms with van der Waals surface area (Å²) in [5.41, 5.74) is 2.46. The number of fused-ring (bicyclic) bond motifs is 1. The van der Waals surface area contributed by atoms with Crippen molar-refractivity contribution < 1.29 is 14.3 Å². The number of carbonyl (C=O) groups excluding carboxylic acids is 1. The molecule has 2 heterocycles. The van der Waals surface area contributed by atoms with E-state index in [1.54, 1.807) is 29.9 Å². The fourth-order valence-electron chi connectivity index (χ4n) is 3.11. The third kappa shape index (κ3) is 3.01. The average molecular weight is 329 g/mol. The van der Waals surface area contributed by atoms with Gasteiger partial charge in [0.25, 0.3) is 5.91 Å². The van der Waals surface area contributed by atoms with E-state index >= 15 is 0 Å². The number of ether oxygens (including phenoxy) is 2. The lowest BCUT2D eigenvalue weighted by molar-refractivity contribution is 0.0977. The average Bonchev–Trinajstić information content (AvgIpc) is 3.08. The van der Waals surface area contributed by atoms with Gasteiger partial charge in [-0.15, -0.1) is 0 Å². The molecule has 1 aromatic carbocycles. The van der Waals surface area contributed by atoms with E-state index in [2.05, 4.69) is 18.1 Å². The maximum absolute atomic E-state index is 13.0. The van der Waals surface area contributed by atoms with E-state index in [9.17, 15) is 4.79 Å². The Labute approximate surface area is 142 Å². The van der Waals surface area contributed by atoms with Crippen LogP contribution in [0.4, 0.5) is 5.69 Å². The maximum atomic E-state index is 13.0. The van der Waals surface area contributed by atoms with Crippen molar-refractivity contribution in [1.29, 1.82) is 0 Å². The summed E-state index contributed by atoms with van der Waals surface area (Å²) >= 11 is 0. The van der Waals surface area contributed by atoms with Gasteiger partial charge in [0.2, 0.25) is 0 Å². The Morgan fingerprint density at radius 3 is 2.92 bits per heavy atom. The molecular formula is C18H23N3O3. The maximum Gasteiger partial charge on any atom is 0.278 e. The van der Waals surface area contributed by atoms with Crippen LogP contribution in [0.2, 0.25) is 0 Å². The summed E-state index contributed by atoms with van der Waals surface area (Å²) in [6, 6.07) is 7.69.